The third kappa shape index (κ3) is 4.15. The first-order valence-corrected chi connectivity index (χ1v) is 16.0. The maximum atomic E-state index is 2.33. The van der Waals surface area contributed by atoms with Crippen molar-refractivity contribution < 1.29 is 0 Å². The zero-order valence-electron chi connectivity index (χ0n) is 25.3. The highest BCUT2D eigenvalue weighted by atomic mass is 14.3. The molecule has 0 aliphatic heterocycles. The Morgan fingerprint density at radius 1 is 0.217 bits per heavy atom. The smallest absolute Gasteiger partial charge is 0.00139 e. The molecular weight excluding hydrogens is 553 g/mol. The van der Waals surface area contributed by atoms with Crippen molar-refractivity contribution in [1.29, 1.82) is 0 Å². The van der Waals surface area contributed by atoms with Gasteiger partial charge >= 0.3 is 0 Å². The topological polar surface area (TPSA) is 0 Å². The zero-order chi connectivity index (χ0) is 30.5. The molecule has 0 heteroatoms. The van der Waals surface area contributed by atoms with Crippen LogP contribution in [-0.4, -0.2) is 0 Å². The summed E-state index contributed by atoms with van der Waals surface area (Å²) >= 11 is 0. The molecule has 0 heterocycles. The molecular formula is C46H30. The Balaban J connectivity index is 1.50. The van der Waals surface area contributed by atoms with Crippen LogP contribution in [0.15, 0.2) is 182 Å². The van der Waals surface area contributed by atoms with Crippen LogP contribution >= 0.6 is 0 Å². The summed E-state index contributed by atoms with van der Waals surface area (Å²) in [4.78, 5) is 0. The van der Waals surface area contributed by atoms with E-state index in [4.69, 9.17) is 0 Å². The minimum absolute atomic E-state index is 1.22. The molecule has 0 radical (unpaired) electrons. The first-order valence-electron chi connectivity index (χ1n) is 16.0. The van der Waals surface area contributed by atoms with E-state index in [2.05, 4.69) is 182 Å². The van der Waals surface area contributed by atoms with E-state index in [9.17, 15) is 0 Å². The van der Waals surface area contributed by atoms with Crippen molar-refractivity contribution in [2.75, 3.05) is 0 Å². The number of benzene rings is 9. The van der Waals surface area contributed by atoms with Crippen molar-refractivity contribution in [2.24, 2.45) is 0 Å². The predicted octanol–water partition coefficient (Wildman–Crippen LogP) is 13.0. The van der Waals surface area contributed by atoms with E-state index in [-0.39, 0.29) is 0 Å². The van der Waals surface area contributed by atoms with Crippen LogP contribution in [0.4, 0.5) is 0 Å². The van der Waals surface area contributed by atoms with Gasteiger partial charge in [0, 0.05) is 0 Å². The highest BCUT2D eigenvalue weighted by molar-refractivity contribution is 6.28. The molecule has 0 N–H and O–H groups in total. The Morgan fingerprint density at radius 3 is 0.978 bits per heavy atom. The molecule has 0 aliphatic rings. The maximum Gasteiger partial charge on any atom is -0.00139 e. The lowest BCUT2D eigenvalue weighted by Crippen LogP contribution is -1.96. The summed E-state index contributed by atoms with van der Waals surface area (Å²) in [6, 6.07) is 66.5. The molecule has 46 heavy (non-hydrogen) atoms. The molecule has 0 unspecified atom stereocenters. The Bertz CT molecular complexity index is 2390. The Morgan fingerprint density at radius 2 is 0.543 bits per heavy atom. The van der Waals surface area contributed by atoms with E-state index >= 15 is 0 Å². The molecule has 0 aliphatic carbocycles. The van der Waals surface area contributed by atoms with Gasteiger partial charge in [0.1, 0.15) is 0 Å². The second-order valence-electron chi connectivity index (χ2n) is 12.0. The van der Waals surface area contributed by atoms with E-state index in [1.165, 1.54) is 87.6 Å². The summed E-state index contributed by atoms with van der Waals surface area (Å²) in [5, 5.41) is 10.1. The summed E-state index contributed by atoms with van der Waals surface area (Å²) in [7, 11) is 0. The molecule has 0 aromatic heterocycles. The van der Waals surface area contributed by atoms with Gasteiger partial charge in [0.15, 0.2) is 0 Å². The highest BCUT2D eigenvalue weighted by Crippen LogP contribution is 2.51. The zero-order valence-corrected chi connectivity index (χ0v) is 25.3. The second kappa shape index (κ2) is 10.9. The van der Waals surface area contributed by atoms with Crippen LogP contribution in [0.1, 0.15) is 0 Å². The molecule has 0 spiro atoms. The van der Waals surface area contributed by atoms with E-state index < -0.39 is 0 Å². The molecule has 0 fully saturated rings. The first kappa shape index (κ1) is 26.4. The molecule has 9 aromatic rings. The maximum absolute atomic E-state index is 2.33. The van der Waals surface area contributed by atoms with Gasteiger partial charge in [0.2, 0.25) is 0 Å². The van der Waals surface area contributed by atoms with Crippen molar-refractivity contribution in [3.63, 3.8) is 0 Å². The molecule has 9 rings (SSSR count). The van der Waals surface area contributed by atoms with Gasteiger partial charge in [-0.25, -0.2) is 0 Å². The molecule has 0 saturated heterocycles. The van der Waals surface area contributed by atoms with Crippen molar-refractivity contribution in [3.8, 4) is 44.5 Å². The Labute approximate surface area is 268 Å². The highest BCUT2D eigenvalue weighted by Gasteiger charge is 2.23. The van der Waals surface area contributed by atoms with E-state index in [0.29, 0.717) is 0 Å². The number of hydrogen-bond donors (Lipinski definition) is 0. The van der Waals surface area contributed by atoms with Gasteiger partial charge in [0.05, 0.1) is 0 Å². The third-order valence-electron chi connectivity index (χ3n) is 9.44. The quantitative estimate of drug-likeness (QED) is 0.181. The summed E-state index contributed by atoms with van der Waals surface area (Å²) in [6.07, 6.45) is 0. The van der Waals surface area contributed by atoms with Crippen LogP contribution in [0.5, 0.6) is 0 Å². The summed E-state index contributed by atoms with van der Waals surface area (Å²) in [5.41, 5.74) is 10.0. The SMILES string of the molecule is c1ccc(-c2cccc(-c3ccccc3)c2-c2c3ccccc3c(-c3c4ccccc4cc4ccccc34)c3ccccc23)cc1. The monoisotopic (exact) mass is 582 g/mol. The van der Waals surface area contributed by atoms with Crippen LogP contribution in [0, 0.1) is 0 Å². The standard InChI is InChI=1S/C46H30/c1-3-16-31(17-4-1)35-28-15-29-36(32-18-5-2-6-19-32)43(35)45-39-24-11-13-26-41(39)46(42-27-14-12-25-40(42)45)44-37-22-9-7-20-33(37)30-34-21-8-10-23-38(34)44/h1-30H. The van der Waals surface area contributed by atoms with Gasteiger partial charge in [-0.2, -0.15) is 0 Å². The molecule has 0 amide bonds. The molecule has 0 bridgehead atoms. The van der Waals surface area contributed by atoms with Crippen LogP contribution in [0.2, 0.25) is 0 Å². The van der Waals surface area contributed by atoms with Crippen molar-refractivity contribution in [2.45, 2.75) is 0 Å². The lowest BCUT2D eigenvalue weighted by molar-refractivity contribution is 1.58. The van der Waals surface area contributed by atoms with Gasteiger partial charge in [-0.1, -0.05) is 176 Å². The number of rotatable bonds is 4. The Kier molecular flexibility index (Phi) is 6.25. The number of hydrogen-bond acceptors (Lipinski definition) is 0. The van der Waals surface area contributed by atoms with Gasteiger partial charge in [-0.05, 0) is 93.7 Å². The average molecular weight is 583 g/mol. The van der Waals surface area contributed by atoms with E-state index in [1.54, 1.807) is 0 Å². The summed E-state index contributed by atoms with van der Waals surface area (Å²) in [5.74, 6) is 0. The van der Waals surface area contributed by atoms with Crippen molar-refractivity contribution >= 4 is 43.1 Å². The number of fused-ring (bicyclic) bond motifs is 4. The third-order valence-corrected chi connectivity index (χ3v) is 9.44. The fourth-order valence-electron chi connectivity index (χ4n) is 7.49. The molecule has 214 valence electrons. The largest absolute Gasteiger partial charge is 0.0622 e. The minimum Gasteiger partial charge on any atom is -0.0622 e. The van der Waals surface area contributed by atoms with Crippen LogP contribution in [-0.2, 0) is 0 Å². The molecule has 0 atom stereocenters. The lowest BCUT2D eigenvalue weighted by atomic mass is 9.80. The second-order valence-corrected chi connectivity index (χ2v) is 12.0. The van der Waals surface area contributed by atoms with Crippen molar-refractivity contribution in [1.82, 2.24) is 0 Å². The van der Waals surface area contributed by atoms with Crippen LogP contribution in [0.25, 0.3) is 87.6 Å². The fourth-order valence-corrected chi connectivity index (χ4v) is 7.49. The van der Waals surface area contributed by atoms with Crippen molar-refractivity contribution in [3.05, 3.63) is 182 Å². The fraction of sp³-hybridized carbons (Fsp3) is 0. The molecule has 0 saturated carbocycles. The lowest BCUT2D eigenvalue weighted by Gasteiger charge is -2.23. The Hall–Kier alpha value is -5.98. The van der Waals surface area contributed by atoms with Gasteiger partial charge in [-0.15, -0.1) is 0 Å². The van der Waals surface area contributed by atoms with E-state index in [0.717, 1.165) is 0 Å². The molecule has 9 aromatic carbocycles. The van der Waals surface area contributed by atoms with E-state index in [1.807, 2.05) is 0 Å². The first-order chi connectivity index (χ1) is 22.9. The van der Waals surface area contributed by atoms with Gasteiger partial charge < -0.3 is 0 Å². The molecule has 0 nitrogen and oxygen atoms in total. The average Bonchev–Trinajstić information content (AvgIpc) is 3.13. The summed E-state index contributed by atoms with van der Waals surface area (Å²) < 4.78 is 0. The van der Waals surface area contributed by atoms with Gasteiger partial charge in [-0.3, -0.25) is 0 Å². The predicted molar refractivity (Wildman–Crippen MR) is 198 cm³/mol. The van der Waals surface area contributed by atoms with Crippen LogP contribution < -0.4 is 0 Å². The summed E-state index contributed by atoms with van der Waals surface area (Å²) in [6.45, 7) is 0. The minimum atomic E-state index is 1.22. The normalized spacial score (nSPS) is 11.5. The van der Waals surface area contributed by atoms with Crippen LogP contribution in [0.3, 0.4) is 0 Å². The van der Waals surface area contributed by atoms with Gasteiger partial charge in [0.25, 0.3) is 0 Å².